The van der Waals surface area contributed by atoms with Crippen LogP contribution in [0.4, 0.5) is 0 Å². The lowest BCUT2D eigenvalue weighted by atomic mass is 10.0. The van der Waals surface area contributed by atoms with Crippen molar-refractivity contribution in [2.45, 2.75) is 244 Å². The first-order valence-electron chi connectivity index (χ1n) is 28.1. The van der Waals surface area contributed by atoms with Gasteiger partial charge in [0.2, 0.25) is 0 Å². The van der Waals surface area contributed by atoms with Gasteiger partial charge < -0.3 is 31.5 Å². The number of aliphatic hydroxyl groups excluding tert-OH is 2. The van der Waals surface area contributed by atoms with Crippen LogP contribution in [0.3, 0.4) is 0 Å². The van der Waals surface area contributed by atoms with Crippen LogP contribution in [0.5, 0.6) is 0 Å². The highest BCUT2D eigenvalue weighted by atomic mass is 16.3. The van der Waals surface area contributed by atoms with Gasteiger partial charge in [-0.2, -0.15) is 0 Å². The molecule has 0 saturated carbocycles. The maximum Gasteiger partial charge on any atom is 0.0820 e. The summed E-state index contributed by atoms with van der Waals surface area (Å²) in [5, 5.41) is 22.7. The highest BCUT2D eigenvalue weighted by Crippen LogP contribution is 2.15. The van der Waals surface area contributed by atoms with Gasteiger partial charge in [-0.05, 0) is 127 Å². The highest BCUT2D eigenvalue weighted by Gasteiger charge is 2.21. The van der Waals surface area contributed by atoms with Gasteiger partial charge >= 0.3 is 0 Å². The molecule has 6 N–H and O–H groups in total. The number of nitrogens with zero attached hydrogens (tertiary/aromatic N) is 2. The van der Waals surface area contributed by atoms with Crippen LogP contribution < -0.4 is 11.5 Å². The molecule has 6 heteroatoms. The molecule has 2 aromatic carbocycles. The van der Waals surface area contributed by atoms with Crippen molar-refractivity contribution in [1.82, 2.24) is 9.80 Å². The predicted molar refractivity (Wildman–Crippen MR) is 289 cm³/mol. The van der Waals surface area contributed by atoms with E-state index in [2.05, 4.69) is 72.2 Å². The number of allylic oxidation sites excluding steroid dienone is 4. The second kappa shape index (κ2) is 43.9. The molecule has 378 valence electrons. The Morgan fingerprint density at radius 1 is 0.379 bits per heavy atom. The third kappa shape index (κ3) is 34.9. The Morgan fingerprint density at radius 2 is 0.636 bits per heavy atom. The van der Waals surface area contributed by atoms with Gasteiger partial charge in [-0.3, -0.25) is 0 Å². The summed E-state index contributed by atoms with van der Waals surface area (Å²) in [6.45, 7) is 9.72. The van der Waals surface area contributed by atoms with Gasteiger partial charge in [0, 0.05) is 25.2 Å². The monoisotopic (exact) mass is 915 g/mol. The van der Waals surface area contributed by atoms with Gasteiger partial charge in [-0.25, -0.2) is 0 Å². The van der Waals surface area contributed by atoms with Crippen LogP contribution in [0.25, 0.3) is 0 Å². The molecule has 0 amide bonds. The number of benzene rings is 2. The molecule has 66 heavy (non-hydrogen) atoms. The van der Waals surface area contributed by atoms with Gasteiger partial charge in [0.1, 0.15) is 0 Å². The minimum atomic E-state index is -0.566. The fourth-order valence-electron chi connectivity index (χ4n) is 9.27. The van der Waals surface area contributed by atoms with Crippen LogP contribution in [0.1, 0.15) is 218 Å². The lowest BCUT2D eigenvalue weighted by molar-refractivity contribution is 0.0823. The van der Waals surface area contributed by atoms with Crippen molar-refractivity contribution in [3.63, 3.8) is 0 Å². The second-order valence-corrected chi connectivity index (χ2v) is 20.0. The molecule has 2 aromatic rings. The third-order valence-corrected chi connectivity index (χ3v) is 13.7. The van der Waals surface area contributed by atoms with E-state index in [9.17, 15) is 10.2 Å². The fraction of sp³-hybridized carbons (Fsp3) is 0.733. The zero-order valence-electron chi connectivity index (χ0n) is 43.2. The van der Waals surface area contributed by atoms with Crippen LogP contribution in [-0.2, 0) is 12.8 Å². The van der Waals surface area contributed by atoms with Crippen LogP contribution in [0, 0.1) is 0 Å². The van der Waals surface area contributed by atoms with E-state index in [-0.39, 0.29) is 12.1 Å². The molecule has 2 rings (SSSR count). The number of hydrogen-bond donors (Lipinski definition) is 4. The Hall–Kier alpha value is -2.32. The molecule has 0 aliphatic heterocycles. The van der Waals surface area contributed by atoms with Crippen molar-refractivity contribution in [2.24, 2.45) is 11.5 Å². The van der Waals surface area contributed by atoms with Crippen LogP contribution in [-0.4, -0.2) is 83.6 Å². The summed E-state index contributed by atoms with van der Waals surface area (Å²) in [4.78, 5) is 4.95. The number of nitrogens with two attached hydrogens (primary N) is 2. The van der Waals surface area contributed by atoms with E-state index in [0.29, 0.717) is 25.9 Å². The Morgan fingerprint density at radius 3 is 0.939 bits per heavy atom. The summed E-state index contributed by atoms with van der Waals surface area (Å²) in [6.07, 6.45) is 48.7. The van der Waals surface area contributed by atoms with E-state index in [1.807, 2.05) is 36.4 Å². The summed E-state index contributed by atoms with van der Waals surface area (Å²) in [5.41, 5.74) is 15.6. The Balaban J connectivity index is 1.81. The lowest BCUT2D eigenvalue weighted by Gasteiger charge is -2.30. The van der Waals surface area contributed by atoms with Gasteiger partial charge in [0.15, 0.2) is 0 Å². The standard InChI is InChI=1S/C60H106N4O2/c1-3-5-7-9-11-13-15-17-19-21-23-25-27-29-31-39-47-63(53-59(65)57(61)51-55-43-35-33-36-44-55)49-41-42-50-64(54-60(66)58(62)52-56-45-37-34-38-46-56)48-40-32-30-28-26-24-22-20-18-16-14-12-10-8-6-4-2/h17-20,33-38,43-46,57-60,65-66H,3-16,21-32,39-42,47-54,61-62H2,1-2H3/b19-17-,20-18?. The van der Waals surface area contributed by atoms with E-state index in [1.165, 1.54) is 178 Å². The average molecular weight is 916 g/mol. The molecule has 0 aliphatic rings. The molecular weight excluding hydrogens is 809 g/mol. The van der Waals surface area contributed by atoms with E-state index in [0.717, 1.165) is 51.9 Å². The van der Waals surface area contributed by atoms with Crippen molar-refractivity contribution in [3.05, 3.63) is 96.1 Å². The van der Waals surface area contributed by atoms with Gasteiger partial charge in [-0.1, -0.05) is 214 Å². The van der Waals surface area contributed by atoms with Crippen molar-refractivity contribution in [3.8, 4) is 0 Å². The largest absolute Gasteiger partial charge is 0.390 e. The maximum absolute atomic E-state index is 11.3. The molecule has 0 aromatic heterocycles. The zero-order valence-corrected chi connectivity index (χ0v) is 43.2. The van der Waals surface area contributed by atoms with Crippen LogP contribution in [0.2, 0.25) is 0 Å². The number of hydrogen-bond acceptors (Lipinski definition) is 6. The van der Waals surface area contributed by atoms with Crippen LogP contribution in [0.15, 0.2) is 85.0 Å². The second-order valence-electron chi connectivity index (χ2n) is 20.0. The van der Waals surface area contributed by atoms with Crippen molar-refractivity contribution < 1.29 is 10.2 Å². The minimum Gasteiger partial charge on any atom is -0.390 e. The SMILES string of the molecule is CCCCCCCCC=CCCCCCCCCN(CCCCN(CCCCCCCC/C=C\CCCCCCCC)CC(O)C(N)Cc1ccccc1)CC(O)C(N)Cc1ccccc1. The van der Waals surface area contributed by atoms with Crippen molar-refractivity contribution in [2.75, 3.05) is 39.3 Å². The molecule has 6 nitrogen and oxygen atoms in total. The van der Waals surface area contributed by atoms with Crippen LogP contribution >= 0.6 is 0 Å². The summed E-state index contributed by atoms with van der Waals surface area (Å²) in [7, 11) is 0. The molecule has 0 radical (unpaired) electrons. The van der Waals surface area contributed by atoms with E-state index >= 15 is 0 Å². The van der Waals surface area contributed by atoms with Gasteiger partial charge in [-0.15, -0.1) is 0 Å². The average Bonchev–Trinajstić information content (AvgIpc) is 3.32. The van der Waals surface area contributed by atoms with Gasteiger partial charge in [0.25, 0.3) is 0 Å². The first-order valence-corrected chi connectivity index (χ1v) is 28.1. The topological polar surface area (TPSA) is 99.0 Å². The first-order chi connectivity index (χ1) is 32.4. The minimum absolute atomic E-state index is 0.289. The summed E-state index contributed by atoms with van der Waals surface area (Å²) in [6, 6.07) is 20.1. The van der Waals surface area contributed by atoms with E-state index in [4.69, 9.17) is 11.5 Å². The van der Waals surface area contributed by atoms with E-state index < -0.39 is 12.2 Å². The highest BCUT2D eigenvalue weighted by molar-refractivity contribution is 5.17. The molecule has 4 unspecified atom stereocenters. The zero-order chi connectivity index (χ0) is 47.4. The maximum atomic E-state index is 11.3. The molecule has 0 aliphatic carbocycles. The van der Waals surface area contributed by atoms with Gasteiger partial charge in [0.05, 0.1) is 12.2 Å². The smallest absolute Gasteiger partial charge is 0.0820 e. The molecule has 0 spiro atoms. The first kappa shape index (κ1) is 59.8. The Kier molecular flexibility index (Phi) is 39.8. The molecule has 0 saturated heterocycles. The number of unbranched alkanes of at least 4 members (excludes halogenated alkanes) is 25. The predicted octanol–water partition coefficient (Wildman–Crippen LogP) is 14.3. The Labute approximate surface area is 408 Å². The fourth-order valence-corrected chi connectivity index (χ4v) is 9.27. The molecule has 0 bridgehead atoms. The normalized spacial score (nSPS) is 14.0. The summed E-state index contributed by atoms with van der Waals surface area (Å²) < 4.78 is 0. The lowest BCUT2D eigenvalue weighted by Crippen LogP contribution is -2.46. The molecule has 0 heterocycles. The molecule has 4 atom stereocenters. The number of aliphatic hydroxyl groups is 2. The summed E-state index contributed by atoms with van der Waals surface area (Å²) in [5.74, 6) is 0. The quantitative estimate of drug-likeness (QED) is 0.0390. The molecular formula is C60H106N4O2. The van der Waals surface area contributed by atoms with Crippen molar-refractivity contribution in [1.29, 1.82) is 0 Å². The van der Waals surface area contributed by atoms with Crippen molar-refractivity contribution >= 4 is 0 Å². The summed E-state index contributed by atoms with van der Waals surface area (Å²) >= 11 is 0. The third-order valence-electron chi connectivity index (χ3n) is 13.7. The van der Waals surface area contributed by atoms with E-state index in [1.54, 1.807) is 0 Å². The number of rotatable bonds is 47. The Bertz CT molecular complexity index is 1250. The molecule has 0 fully saturated rings.